The quantitative estimate of drug-likeness (QED) is 0.799. The molecule has 2 nitrogen and oxygen atoms in total. The second kappa shape index (κ2) is 6.35. The first-order valence-electron chi connectivity index (χ1n) is 6.27. The maximum Gasteiger partial charge on any atom is 0.251 e. The third kappa shape index (κ3) is 3.56. The second-order valence-electron chi connectivity index (χ2n) is 4.74. The number of carbonyl (C=O) groups is 1. The lowest BCUT2D eigenvalue weighted by Crippen LogP contribution is -2.23. The van der Waals surface area contributed by atoms with Gasteiger partial charge in [-0.05, 0) is 71.3 Å². The zero-order valence-corrected chi connectivity index (χ0v) is 13.5. The molecule has 0 aromatic heterocycles. The Labute approximate surface area is 131 Å². The molecular formula is C16H15FINO. The first-order chi connectivity index (χ1) is 9.47. The Bertz CT molecular complexity index is 632. The van der Waals surface area contributed by atoms with Crippen molar-refractivity contribution in [3.63, 3.8) is 0 Å². The van der Waals surface area contributed by atoms with E-state index < -0.39 is 0 Å². The van der Waals surface area contributed by atoms with Gasteiger partial charge in [0.25, 0.3) is 5.91 Å². The largest absolute Gasteiger partial charge is 0.348 e. The predicted molar refractivity (Wildman–Crippen MR) is 86.2 cm³/mol. The second-order valence-corrected chi connectivity index (χ2v) is 5.98. The van der Waals surface area contributed by atoms with Crippen LogP contribution in [0, 0.1) is 23.2 Å². The highest BCUT2D eigenvalue weighted by Gasteiger charge is 2.08. The lowest BCUT2D eigenvalue weighted by Gasteiger charge is -2.09. The number of halogens is 2. The molecule has 20 heavy (non-hydrogen) atoms. The molecule has 0 bridgehead atoms. The van der Waals surface area contributed by atoms with E-state index in [2.05, 4.69) is 27.9 Å². The Hall–Kier alpha value is -1.43. The summed E-state index contributed by atoms with van der Waals surface area (Å²) in [7, 11) is 0. The number of nitrogens with one attached hydrogen (secondary N) is 1. The number of hydrogen-bond acceptors (Lipinski definition) is 1. The maximum atomic E-state index is 13.5. The van der Waals surface area contributed by atoms with Gasteiger partial charge in [-0.1, -0.05) is 18.2 Å². The van der Waals surface area contributed by atoms with Gasteiger partial charge in [0, 0.05) is 15.7 Å². The summed E-state index contributed by atoms with van der Waals surface area (Å²) >= 11 is 2.17. The van der Waals surface area contributed by atoms with E-state index in [0.29, 0.717) is 23.2 Å². The van der Waals surface area contributed by atoms with Crippen LogP contribution in [0.4, 0.5) is 4.39 Å². The number of benzene rings is 2. The summed E-state index contributed by atoms with van der Waals surface area (Å²) in [5.74, 6) is -0.305. The van der Waals surface area contributed by atoms with Crippen molar-refractivity contribution in [2.75, 3.05) is 0 Å². The van der Waals surface area contributed by atoms with Crippen LogP contribution in [0.3, 0.4) is 0 Å². The van der Waals surface area contributed by atoms with E-state index >= 15 is 0 Å². The number of amides is 1. The molecule has 0 saturated heterocycles. The van der Waals surface area contributed by atoms with Gasteiger partial charge in [-0.2, -0.15) is 0 Å². The Balaban J connectivity index is 2.07. The zero-order chi connectivity index (χ0) is 14.7. The highest BCUT2D eigenvalue weighted by atomic mass is 127. The molecule has 4 heteroatoms. The van der Waals surface area contributed by atoms with E-state index in [1.54, 1.807) is 32.0 Å². The highest BCUT2D eigenvalue weighted by Crippen LogP contribution is 2.15. The molecule has 0 aliphatic heterocycles. The van der Waals surface area contributed by atoms with Gasteiger partial charge in [-0.25, -0.2) is 4.39 Å². The van der Waals surface area contributed by atoms with Crippen LogP contribution >= 0.6 is 22.6 Å². The molecule has 0 radical (unpaired) electrons. The fourth-order valence-electron chi connectivity index (χ4n) is 2.05. The molecule has 2 aromatic rings. The summed E-state index contributed by atoms with van der Waals surface area (Å²) in [6.45, 7) is 3.85. The van der Waals surface area contributed by atoms with Gasteiger partial charge in [0.1, 0.15) is 5.82 Å². The minimum atomic E-state index is -0.183. The van der Waals surface area contributed by atoms with Crippen LogP contribution in [0.2, 0.25) is 0 Å². The van der Waals surface area contributed by atoms with E-state index in [9.17, 15) is 9.18 Å². The van der Waals surface area contributed by atoms with Crippen LogP contribution in [0.25, 0.3) is 0 Å². The molecule has 2 rings (SSSR count). The molecule has 0 atom stereocenters. The van der Waals surface area contributed by atoms with Crippen molar-refractivity contribution in [1.29, 1.82) is 0 Å². The Morgan fingerprint density at radius 3 is 2.45 bits per heavy atom. The van der Waals surface area contributed by atoms with E-state index in [1.807, 2.05) is 18.2 Å². The lowest BCUT2D eigenvalue weighted by molar-refractivity contribution is 0.0951. The van der Waals surface area contributed by atoms with Crippen LogP contribution in [-0.4, -0.2) is 5.91 Å². The Morgan fingerprint density at radius 2 is 1.85 bits per heavy atom. The molecule has 2 aromatic carbocycles. The van der Waals surface area contributed by atoms with Gasteiger partial charge in [-0.3, -0.25) is 4.79 Å². The van der Waals surface area contributed by atoms with Crippen LogP contribution < -0.4 is 5.32 Å². The van der Waals surface area contributed by atoms with Gasteiger partial charge < -0.3 is 5.32 Å². The first kappa shape index (κ1) is 15.0. The van der Waals surface area contributed by atoms with Crippen molar-refractivity contribution in [3.05, 3.63) is 68.0 Å². The average Bonchev–Trinajstić information content (AvgIpc) is 2.42. The molecule has 0 fully saturated rings. The summed E-state index contributed by atoms with van der Waals surface area (Å²) < 4.78 is 14.5. The summed E-state index contributed by atoms with van der Waals surface area (Å²) in [6, 6.07) is 10.9. The van der Waals surface area contributed by atoms with Gasteiger partial charge in [0.2, 0.25) is 0 Å². The van der Waals surface area contributed by atoms with E-state index in [1.165, 1.54) is 0 Å². The monoisotopic (exact) mass is 383 g/mol. The maximum absolute atomic E-state index is 13.5. The zero-order valence-electron chi connectivity index (χ0n) is 11.3. The minimum Gasteiger partial charge on any atom is -0.348 e. The van der Waals surface area contributed by atoms with Crippen molar-refractivity contribution in [3.8, 4) is 0 Å². The Morgan fingerprint density at radius 1 is 1.20 bits per heavy atom. The van der Waals surface area contributed by atoms with Crippen molar-refractivity contribution in [2.45, 2.75) is 20.4 Å². The number of hydrogen-bond donors (Lipinski definition) is 1. The lowest BCUT2D eigenvalue weighted by atomic mass is 10.1. The van der Waals surface area contributed by atoms with Gasteiger partial charge in [0.05, 0.1) is 0 Å². The van der Waals surface area contributed by atoms with Gasteiger partial charge in [0.15, 0.2) is 0 Å². The van der Waals surface area contributed by atoms with Crippen molar-refractivity contribution >= 4 is 28.5 Å². The predicted octanol–water partition coefficient (Wildman–Crippen LogP) is 3.98. The number of aryl methyl sites for hydroxylation is 2. The minimum absolute atomic E-state index is 0.122. The van der Waals surface area contributed by atoms with Crippen LogP contribution in [0.1, 0.15) is 27.0 Å². The molecule has 0 heterocycles. The molecular weight excluding hydrogens is 368 g/mol. The van der Waals surface area contributed by atoms with E-state index in [4.69, 9.17) is 0 Å². The summed E-state index contributed by atoms with van der Waals surface area (Å²) in [5.41, 5.74) is 2.74. The molecule has 0 saturated carbocycles. The van der Waals surface area contributed by atoms with Gasteiger partial charge in [-0.15, -0.1) is 0 Å². The molecule has 0 aliphatic rings. The average molecular weight is 383 g/mol. The molecule has 0 spiro atoms. The smallest absolute Gasteiger partial charge is 0.251 e. The molecule has 104 valence electrons. The molecule has 0 unspecified atom stereocenters. The SMILES string of the molecule is Cc1cc(CNC(=O)c2cccc(I)c2)cc(C)c1F. The third-order valence-corrected chi connectivity index (χ3v) is 3.71. The van der Waals surface area contributed by atoms with Crippen LogP contribution in [-0.2, 0) is 6.54 Å². The summed E-state index contributed by atoms with van der Waals surface area (Å²) in [6.07, 6.45) is 0. The topological polar surface area (TPSA) is 29.1 Å². The van der Waals surface area contributed by atoms with E-state index in [0.717, 1.165) is 9.13 Å². The van der Waals surface area contributed by atoms with Crippen molar-refractivity contribution < 1.29 is 9.18 Å². The van der Waals surface area contributed by atoms with Crippen molar-refractivity contribution in [1.82, 2.24) is 5.32 Å². The summed E-state index contributed by atoms with van der Waals surface area (Å²) in [4.78, 5) is 12.0. The van der Waals surface area contributed by atoms with E-state index in [-0.39, 0.29) is 11.7 Å². The Kier molecular flexibility index (Phi) is 4.75. The summed E-state index contributed by atoms with van der Waals surface area (Å²) in [5, 5.41) is 2.85. The van der Waals surface area contributed by atoms with Crippen LogP contribution in [0.5, 0.6) is 0 Å². The molecule has 1 amide bonds. The first-order valence-corrected chi connectivity index (χ1v) is 7.34. The van der Waals surface area contributed by atoms with Crippen molar-refractivity contribution in [2.24, 2.45) is 0 Å². The molecule has 0 aliphatic carbocycles. The molecule has 1 N–H and O–H groups in total. The van der Waals surface area contributed by atoms with Crippen LogP contribution in [0.15, 0.2) is 36.4 Å². The number of carbonyl (C=O) groups excluding carboxylic acids is 1. The fourth-order valence-corrected chi connectivity index (χ4v) is 2.59. The normalized spacial score (nSPS) is 10.4. The third-order valence-electron chi connectivity index (χ3n) is 3.04. The number of rotatable bonds is 3. The van der Waals surface area contributed by atoms with Gasteiger partial charge >= 0.3 is 0 Å². The standard InChI is InChI=1S/C16H15FINO/c1-10-6-12(7-11(2)15(10)17)9-19-16(20)13-4-3-5-14(18)8-13/h3-8H,9H2,1-2H3,(H,19,20). The highest BCUT2D eigenvalue weighted by molar-refractivity contribution is 14.1. The fraction of sp³-hybridized carbons (Fsp3) is 0.188.